The minimum Gasteiger partial charge on any atom is -0.488 e. The quantitative estimate of drug-likeness (QED) is 0.203. The summed E-state index contributed by atoms with van der Waals surface area (Å²) in [7, 11) is 0. The van der Waals surface area contributed by atoms with Crippen LogP contribution in [0.3, 0.4) is 0 Å². The molecule has 2 N–H and O–H groups in total. The maximum atomic E-state index is 14.5. The number of hydrogen-bond acceptors (Lipinski definition) is 5. The lowest BCUT2D eigenvalue weighted by molar-refractivity contribution is -0.114. The smallest absolute Gasteiger partial charge is 0.263 e. The van der Waals surface area contributed by atoms with E-state index in [4.69, 9.17) is 9.47 Å². The Bertz CT molecular complexity index is 2270. The van der Waals surface area contributed by atoms with E-state index < -0.39 is 0 Å². The van der Waals surface area contributed by atoms with Crippen molar-refractivity contribution in [2.75, 3.05) is 15.5 Å². The summed E-state index contributed by atoms with van der Waals surface area (Å²) in [5, 5.41) is 5.96. The molecule has 0 bridgehead atoms. The Hall–Kier alpha value is -5.15. The zero-order valence-corrected chi connectivity index (χ0v) is 30.8. The summed E-state index contributed by atoms with van der Waals surface area (Å²) in [6.45, 7) is 9.81. The first kappa shape index (κ1) is 33.0. The summed E-state index contributed by atoms with van der Waals surface area (Å²) in [5.74, 6) is 1.04. The predicted octanol–water partition coefficient (Wildman–Crippen LogP) is 9.33. The van der Waals surface area contributed by atoms with Crippen LogP contribution in [0.15, 0.2) is 71.2 Å². The van der Waals surface area contributed by atoms with E-state index in [0.717, 1.165) is 65.0 Å². The van der Waals surface area contributed by atoms with Crippen LogP contribution in [0, 0.1) is 0 Å². The monoisotopic (exact) mass is 743 g/mol. The Labute approximate surface area is 305 Å². The molecule has 4 aliphatic heterocycles. The van der Waals surface area contributed by atoms with Crippen LogP contribution in [-0.4, -0.2) is 28.9 Å². The fourth-order valence-electron chi connectivity index (χ4n) is 7.39. The number of nitrogens with one attached hydrogen (secondary N) is 2. The molecule has 4 heterocycles. The molecule has 4 aromatic rings. The number of fused-ring (bicyclic) bond motifs is 4. The largest absolute Gasteiger partial charge is 0.488 e. The highest BCUT2D eigenvalue weighted by Gasteiger charge is 2.38. The Balaban J connectivity index is 1.17. The van der Waals surface area contributed by atoms with E-state index in [0.29, 0.717) is 43.9 Å². The number of benzene rings is 4. The van der Waals surface area contributed by atoms with Crippen LogP contribution in [-0.2, 0) is 27.2 Å². The van der Waals surface area contributed by atoms with Crippen molar-refractivity contribution in [1.82, 2.24) is 0 Å². The molecule has 0 saturated heterocycles. The minimum absolute atomic E-state index is 0.196. The number of nitrogens with zero attached hydrogens (tertiary/aromatic N) is 1. The van der Waals surface area contributed by atoms with Gasteiger partial charge in [-0.2, -0.15) is 0 Å². The average molecular weight is 745 g/mol. The molecule has 51 heavy (non-hydrogen) atoms. The number of aryl methyl sites for hydroxylation is 2. The molecule has 0 aromatic heterocycles. The Morgan fingerprint density at radius 2 is 1.43 bits per heavy atom. The third kappa shape index (κ3) is 6.03. The van der Waals surface area contributed by atoms with Crippen LogP contribution in [0.4, 0.5) is 22.7 Å². The number of amides is 3. The van der Waals surface area contributed by atoms with E-state index in [-0.39, 0.29) is 28.9 Å². The number of carbonyl (C=O) groups excluding carboxylic acids is 3. The molecule has 0 atom stereocenters. The van der Waals surface area contributed by atoms with Crippen LogP contribution >= 0.6 is 15.9 Å². The lowest BCUT2D eigenvalue weighted by Gasteiger charge is -2.32. The van der Waals surface area contributed by atoms with Gasteiger partial charge in [0.2, 0.25) is 5.91 Å². The lowest BCUT2D eigenvalue weighted by atomic mass is 9.92. The fraction of sp³-hybridized carbons (Fsp3) is 0.262. The first-order valence-corrected chi connectivity index (χ1v) is 18.0. The maximum Gasteiger partial charge on any atom is 0.263 e. The molecule has 0 aliphatic carbocycles. The topological polar surface area (TPSA) is 97.0 Å². The second-order valence-corrected chi connectivity index (χ2v) is 15.8. The van der Waals surface area contributed by atoms with Crippen molar-refractivity contribution in [3.8, 4) is 11.5 Å². The average Bonchev–Trinajstić information content (AvgIpc) is 3.53. The first-order chi connectivity index (χ1) is 24.2. The molecular formula is C42H38BrN3O5. The van der Waals surface area contributed by atoms with Crippen molar-refractivity contribution >= 4 is 79.7 Å². The van der Waals surface area contributed by atoms with Crippen molar-refractivity contribution < 1.29 is 23.9 Å². The van der Waals surface area contributed by atoms with Gasteiger partial charge >= 0.3 is 0 Å². The third-order valence-electron chi connectivity index (χ3n) is 9.98. The number of halogens is 1. The molecule has 4 aliphatic rings. The van der Waals surface area contributed by atoms with Gasteiger partial charge in [0.25, 0.3) is 11.8 Å². The van der Waals surface area contributed by atoms with Crippen LogP contribution in [0.25, 0.3) is 23.3 Å². The van der Waals surface area contributed by atoms with Crippen molar-refractivity contribution in [3.05, 3.63) is 105 Å². The molecule has 3 amide bonds. The summed E-state index contributed by atoms with van der Waals surface area (Å²) in [6, 6.07) is 21.3. The Morgan fingerprint density at radius 3 is 2.04 bits per heavy atom. The molecule has 8 nitrogen and oxygen atoms in total. The molecule has 0 radical (unpaired) electrons. The standard InChI is InChI=1S/C42H38BrN3O5/c1-23(47)44-38-32(43)10-11-34-37(38)31(21-25-7-13-36-27(19-25)15-17-42(4,5)51-36)40(49)46(34)28-8-9-29-30(39(48)45-33(29)22-28)20-24-6-12-35-26(18-24)14-16-41(2,3)50-35/h6-13,18-22H,14-17H2,1-5H3,(H,44,47)(H,45,48). The van der Waals surface area contributed by atoms with Gasteiger partial charge in [0, 0.05) is 28.1 Å². The van der Waals surface area contributed by atoms with Gasteiger partial charge in [-0.15, -0.1) is 0 Å². The fourth-order valence-corrected chi connectivity index (χ4v) is 7.82. The van der Waals surface area contributed by atoms with Gasteiger partial charge in [-0.05, 0) is 158 Å². The van der Waals surface area contributed by atoms with Gasteiger partial charge in [0.15, 0.2) is 0 Å². The van der Waals surface area contributed by atoms with E-state index in [1.54, 1.807) is 4.90 Å². The summed E-state index contributed by atoms with van der Waals surface area (Å²) in [4.78, 5) is 41.9. The van der Waals surface area contributed by atoms with Gasteiger partial charge in [-0.25, -0.2) is 0 Å². The van der Waals surface area contributed by atoms with Gasteiger partial charge in [0.1, 0.15) is 22.7 Å². The van der Waals surface area contributed by atoms with Gasteiger partial charge in [-0.1, -0.05) is 12.1 Å². The highest BCUT2D eigenvalue weighted by molar-refractivity contribution is 9.10. The van der Waals surface area contributed by atoms with Crippen molar-refractivity contribution in [3.63, 3.8) is 0 Å². The van der Waals surface area contributed by atoms with Crippen molar-refractivity contribution in [2.24, 2.45) is 0 Å². The molecule has 258 valence electrons. The Morgan fingerprint density at radius 1 is 0.824 bits per heavy atom. The predicted molar refractivity (Wildman–Crippen MR) is 205 cm³/mol. The number of rotatable bonds is 4. The van der Waals surface area contributed by atoms with E-state index in [2.05, 4.69) is 66.4 Å². The Kier molecular flexibility index (Phi) is 7.76. The van der Waals surface area contributed by atoms with Gasteiger partial charge in [0.05, 0.1) is 28.3 Å². The molecule has 9 heteroatoms. The number of anilines is 4. The molecule has 4 aromatic carbocycles. The summed E-state index contributed by atoms with van der Waals surface area (Å²) in [6.07, 6.45) is 7.37. The summed E-state index contributed by atoms with van der Waals surface area (Å²) < 4.78 is 13.0. The lowest BCUT2D eigenvalue weighted by Crippen LogP contribution is -2.32. The normalized spacial score (nSPS) is 19.5. The van der Waals surface area contributed by atoms with E-state index >= 15 is 0 Å². The molecule has 0 spiro atoms. The summed E-state index contributed by atoms with van der Waals surface area (Å²) >= 11 is 3.60. The van der Waals surface area contributed by atoms with Crippen LogP contribution in [0.1, 0.15) is 80.8 Å². The number of carbonyl (C=O) groups is 3. The van der Waals surface area contributed by atoms with Crippen LogP contribution in [0.5, 0.6) is 11.5 Å². The highest BCUT2D eigenvalue weighted by atomic mass is 79.9. The van der Waals surface area contributed by atoms with Crippen LogP contribution < -0.4 is 25.0 Å². The van der Waals surface area contributed by atoms with Gasteiger partial charge < -0.3 is 20.1 Å². The molecular weight excluding hydrogens is 706 g/mol. The molecule has 0 saturated carbocycles. The van der Waals surface area contributed by atoms with E-state index in [1.165, 1.54) is 6.92 Å². The zero-order chi connectivity index (χ0) is 35.8. The van der Waals surface area contributed by atoms with Crippen molar-refractivity contribution in [2.45, 2.75) is 71.5 Å². The van der Waals surface area contributed by atoms with E-state index in [1.807, 2.05) is 66.7 Å². The second-order valence-electron chi connectivity index (χ2n) is 14.9. The second kappa shape index (κ2) is 12.0. The van der Waals surface area contributed by atoms with Crippen molar-refractivity contribution in [1.29, 1.82) is 0 Å². The molecule has 0 unspecified atom stereocenters. The van der Waals surface area contributed by atoms with Gasteiger partial charge in [-0.3, -0.25) is 19.3 Å². The first-order valence-electron chi connectivity index (χ1n) is 17.2. The third-order valence-corrected chi connectivity index (χ3v) is 10.6. The maximum absolute atomic E-state index is 14.5. The highest BCUT2D eigenvalue weighted by Crippen LogP contribution is 2.50. The minimum atomic E-state index is -0.252. The molecule has 8 rings (SSSR count). The van der Waals surface area contributed by atoms with E-state index in [9.17, 15) is 14.4 Å². The molecule has 0 fully saturated rings. The number of ether oxygens (including phenoxy) is 2. The van der Waals surface area contributed by atoms with Crippen LogP contribution in [0.2, 0.25) is 0 Å². The zero-order valence-electron chi connectivity index (χ0n) is 29.2. The number of hydrogen-bond donors (Lipinski definition) is 2. The summed E-state index contributed by atoms with van der Waals surface area (Å²) in [5.41, 5.74) is 8.30. The SMILES string of the molecule is CC(=O)Nc1c(Br)ccc2c1C(=Cc1ccc3c(c1)CCC(C)(C)O3)C(=O)N2c1ccc2c(c1)NC(=O)C2=Cc1ccc2c(c1)CCC(C)(C)O2.